The van der Waals surface area contributed by atoms with Gasteiger partial charge in [-0.25, -0.2) is 0 Å². The SMILES string of the molecule is C1CCC(NCC2CO2)(N(CC2CO2)CC2CO2)CC1. The minimum Gasteiger partial charge on any atom is -0.372 e. The number of rotatable bonds is 8. The first-order chi connectivity index (χ1) is 9.84. The molecule has 5 heteroatoms. The summed E-state index contributed by atoms with van der Waals surface area (Å²) in [5, 5.41) is 3.85. The van der Waals surface area contributed by atoms with Gasteiger partial charge >= 0.3 is 0 Å². The van der Waals surface area contributed by atoms with E-state index in [1.807, 2.05) is 0 Å². The molecule has 1 saturated carbocycles. The first-order valence-electron chi connectivity index (χ1n) is 8.19. The molecule has 5 nitrogen and oxygen atoms in total. The van der Waals surface area contributed by atoms with E-state index in [0.29, 0.717) is 18.3 Å². The fourth-order valence-corrected chi connectivity index (χ4v) is 3.49. The smallest absolute Gasteiger partial charge is 0.0937 e. The van der Waals surface area contributed by atoms with Gasteiger partial charge in [-0.15, -0.1) is 0 Å². The molecule has 3 unspecified atom stereocenters. The molecular weight excluding hydrogens is 256 g/mol. The predicted molar refractivity (Wildman–Crippen MR) is 74.6 cm³/mol. The van der Waals surface area contributed by atoms with Crippen LogP contribution in [-0.4, -0.2) is 68.3 Å². The van der Waals surface area contributed by atoms with Crippen LogP contribution in [0.1, 0.15) is 32.1 Å². The monoisotopic (exact) mass is 282 g/mol. The van der Waals surface area contributed by atoms with Crippen LogP contribution in [0.2, 0.25) is 0 Å². The van der Waals surface area contributed by atoms with Gasteiger partial charge in [0.15, 0.2) is 0 Å². The molecule has 3 heterocycles. The molecule has 0 radical (unpaired) electrons. The summed E-state index contributed by atoms with van der Waals surface area (Å²) in [4.78, 5) is 2.63. The maximum Gasteiger partial charge on any atom is 0.0937 e. The summed E-state index contributed by atoms with van der Waals surface area (Å²) < 4.78 is 16.3. The normalized spacial score (nSPS) is 38.0. The molecule has 0 aromatic rings. The molecule has 1 aliphatic carbocycles. The van der Waals surface area contributed by atoms with Crippen molar-refractivity contribution < 1.29 is 14.2 Å². The van der Waals surface area contributed by atoms with Gasteiger partial charge in [-0.3, -0.25) is 10.2 Å². The largest absolute Gasteiger partial charge is 0.372 e. The Labute approximate surface area is 120 Å². The lowest BCUT2D eigenvalue weighted by Crippen LogP contribution is -2.62. The van der Waals surface area contributed by atoms with Crippen LogP contribution in [-0.2, 0) is 14.2 Å². The highest BCUT2D eigenvalue weighted by Crippen LogP contribution is 2.34. The Hall–Kier alpha value is -0.200. The van der Waals surface area contributed by atoms with Crippen LogP contribution in [0.15, 0.2) is 0 Å². The Kier molecular flexibility index (Phi) is 3.73. The summed E-state index contributed by atoms with van der Waals surface area (Å²) in [6, 6.07) is 0. The average Bonchev–Trinajstić information content (AvgIpc) is 3.32. The minimum atomic E-state index is 0.155. The minimum absolute atomic E-state index is 0.155. The Morgan fingerprint density at radius 3 is 1.90 bits per heavy atom. The lowest BCUT2D eigenvalue weighted by atomic mass is 9.86. The van der Waals surface area contributed by atoms with Crippen molar-refractivity contribution in [1.82, 2.24) is 10.2 Å². The van der Waals surface area contributed by atoms with Crippen molar-refractivity contribution in [3.05, 3.63) is 0 Å². The highest BCUT2D eigenvalue weighted by atomic mass is 16.6. The standard InChI is InChI=1S/C15H26N2O3/c1-2-4-15(5-3-1,16-6-12-9-18-12)17(7-13-10-19-13)8-14-11-20-14/h12-14,16H,1-11H2. The molecule has 114 valence electrons. The van der Waals surface area contributed by atoms with E-state index >= 15 is 0 Å². The van der Waals surface area contributed by atoms with Gasteiger partial charge in [-0.05, 0) is 12.8 Å². The third-order valence-corrected chi connectivity index (χ3v) is 5.00. The van der Waals surface area contributed by atoms with Gasteiger partial charge in [0.25, 0.3) is 0 Å². The molecule has 0 aromatic carbocycles. The number of hydrogen-bond acceptors (Lipinski definition) is 5. The van der Waals surface area contributed by atoms with Crippen LogP contribution in [0, 0.1) is 0 Å². The zero-order valence-electron chi connectivity index (χ0n) is 12.2. The number of nitrogens with one attached hydrogen (secondary N) is 1. The Morgan fingerprint density at radius 1 is 0.850 bits per heavy atom. The maximum atomic E-state index is 5.48. The summed E-state index contributed by atoms with van der Waals surface area (Å²) in [7, 11) is 0. The molecule has 0 amide bonds. The van der Waals surface area contributed by atoms with Gasteiger partial charge in [0, 0.05) is 19.6 Å². The fourth-order valence-electron chi connectivity index (χ4n) is 3.49. The van der Waals surface area contributed by atoms with E-state index in [-0.39, 0.29) is 5.66 Å². The summed E-state index contributed by atoms with van der Waals surface area (Å²) in [5.41, 5.74) is 0.155. The third-order valence-electron chi connectivity index (χ3n) is 5.00. The molecular formula is C15H26N2O3. The summed E-state index contributed by atoms with van der Waals surface area (Å²) in [6.07, 6.45) is 7.87. The molecule has 4 fully saturated rings. The quantitative estimate of drug-likeness (QED) is 0.525. The second-order valence-electron chi connectivity index (χ2n) is 6.74. The van der Waals surface area contributed by atoms with Gasteiger partial charge in [0.1, 0.15) is 0 Å². The van der Waals surface area contributed by atoms with Crippen LogP contribution >= 0.6 is 0 Å². The molecule has 3 aliphatic heterocycles. The van der Waals surface area contributed by atoms with Crippen molar-refractivity contribution in [2.45, 2.75) is 56.1 Å². The summed E-state index contributed by atoms with van der Waals surface area (Å²) in [5.74, 6) is 0. The van der Waals surface area contributed by atoms with Gasteiger partial charge in [-0.2, -0.15) is 0 Å². The Morgan fingerprint density at radius 2 is 1.40 bits per heavy atom. The Balaban J connectivity index is 1.45. The topological polar surface area (TPSA) is 52.9 Å². The Bertz CT molecular complexity index is 320. The molecule has 3 atom stereocenters. The summed E-state index contributed by atoms with van der Waals surface area (Å²) in [6.45, 7) is 5.90. The van der Waals surface area contributed by atoms with Crippen LogP contribution in [0.4, 0.5) is 0 Å². The summed E-state index contributed by atoms with van der Waals surface area (Å²) >= 11 is 0. The number of epoxide rings is 3. The molecule has 0 spiro atoms. The molecule has 20 heavy (non-hydrogen) atoms. The van der Waals surface area contributed by atoms with Crippen molar-refractivity contribution in [3.63, 3.8) is 0 Å². The van der Waals surface area contributed by atoms with Crippen LogP contribution in [0.5, 0.6) is 0 Å². The second-order valence-corrected chi connectivity index (χ2v) is 6.74. The van der Waals surface area contributed by atoms with Gasteiger partial charge in [0.2, 0.25) is 0 Å². The van der Waals surface area contributed by atoms with E-state index in [1.165, 1.54) is 32.1 Å². The van der Waals surface area contributed by atoms with Gasteiger partial charge < -0.3 is 14.2 Å². The molecule has 0 bridgehead atoms. The van der Waals surface area contributed by atoms with Crippen LogP contribution in [0.25, 0.3) is 0 Å². The van der Waals surface area contributed by atoms with Crippen molar-refractivity contribution in [2.75, 3.05) is 39.5 Å². The highest BCUT2D eigenvalue weighted by molar-refractivity contribution is 4.96. The van der Waals surface area contributed by atoms with E-state index in [4.69, 9.17) is 14.2 Å². The number of ether oxygens (including phenoxy) is 3. The zero-order valence-corrected chi connectivity index (χ0v) is 12.2. The van der Waals surface area contributed by atoms with Gasteiger partial charge in [0.05, 0.1) is 43.8 Å². The van der Waals surface area contributed by atoms with Crippen LogP contribution < -0.4 is 5.32 Å². The number of nitrogens with zero attached hydrogens (tertiary/aromatic N) is 1. The first kappa shape index (κ1) is 13.5. The van der Waals surface area contributed by atoms with Gasteiger partial charge in [-0.1, -0.05) is 19.3 Å². The predicted octanol–water partition coefficient (Wildman–Crippen LogP) is 0.735. The molecule has 1 N–H and O–H groups in total. The van der Waals surface area contributed by atoms with Crippen molar-refractivity contribution in [1.29, 1.82) is 0 Å². The van der Waals surface area contributed by atoms with E-state index in [9.17, 15) is 0 Å². The fraction of sp³-hybridized carbons (Fsp3) is 1.00. The molecule has 4 aliphatic rings. The van der Waals surface area contributed by atoms with E-state index < -0.39 is 0 Å². The lowest BCUT2D eigenvalue weighted by Gasteiger charge is -2.47. The van der Waals surface area contributed by atoms with Crippen molar-refractivity contribution >= 4 is 0 Å². The van der Waals surface area contributed by atoms with Crippen molar-refractivity contribution in [3.8, 4) is 0 Å². The highest BCUT2D eigenvalue weighted by Gasteiger charge is 2.43. The van der Waals surface area contributed by atoms with E-state index in [0.717, 1.165) is 39.5 Å². The molecule has 3 saturated heterocycles. The van der Waals surface area contributed by atoms with E-state index in [2.05, 4.69) is 10.2 Å². The second kappa shape index (κ2) is 5.54. The maximum absolute atomic E-state index is 5.48. The van der Waals surface area contributed by atoms with Crippen LogP contribution in [0.3, 0.4) is 0 Å². The zero-order chi connectivity index (χ0) is 13.4. The lowest BCUT2D eigenvalue weighted by molar-refractivity contribution is 0.00841. The molecule has 0 aromatic heterocycles. The van der Waals surface area contributed by atoms with Crippen molar-refractivity contribution in [2.24, 2.45) is 0 Å². The average molecular weight is 282 g/mol. The number of hydrogen-bond donors (Lipinski definition) is 1. The molecule has 4 rings (SSSR count). The third kappa shape index (κ3) is 3.34. The first-order valence-corrected chi connectivity index (χ1v) is 8.19. The van der Waals surface area contributed by atoms with E-state index in [1.54, 1.807) is 0 Å².